The number of hydrogen-bond donors (Lipinski definition) is 1. The molecule has 1 N–H and O–H groups in total. The number of carboxylic acid groups (broad SMARTS) is 1. The van der Waals surface area contributed by atoms with Crippen molar-refractivity contribution < 1.29 is 14.6 Å². The Kier molecular flexibility index (Phi) is 8.33. The van der Waals surface area contributed by atoms with Gasteiger partial charge in [-0.05, 0) is 40.3 Å². The molecule has 0 spiro atoms. The number of likely N-dealkylation sites (N-methyl/N-ethyl adjacent to an activating group) is 1. The molecule has 0 saturated carbocycles. The summed E-state index contributed by atoms with van der Waals surface area (Å²) in [6.07, 6.45) is 2.25. The average Bonchev–Trinajstić information content (AvgIpc) is 2.11. The van der Waals surface area contributed by atoms with Crippen molar-refractivity contribution in [1.82, 2.24) is 4.90 Å². The Bertz CT molecular complexity index is 171. The highest BCUT2D eigenvalue weighted by molar-refractivity contribution is 5.66. The SMILES string of the molecule is CC(C)OCCN(C)CCCCC(=O)O. The summed E-state index contributed by atoms with van der Waals surface area (Å²) in [7, 11) is 2.03. The second-order valence-electron chi connectivity index (χ2n) is 4.07. The standard InChI is InChI=1S/C11H23NO3/c1-10(2)15-9-8-12(3)7-5-4-6-11(13)14/h10H,4-9H2,1-3H3,(H,13,14). The molecule has 0 rings (SSSR count). The van der Waals surface area contributed by atoms with Gasteiger partial charge in [-0.15, -0.1) is 0 Å². The first-order valence-electron chi connectivity index (χ1n) is 5.54. The van der Waals surface area contributed by atoms with Crippen molar-refractivity contribution in [1.29, 1.82) is 0 Å². The van der Waals surface area contributed by atoms with Crippen LogP contribution in [0.25, 0.3) is 0 Å². The fraction of sp³-hybridized carbons (Fsp3) is 0.909. The highest BCUT2D eigenvalue weighted by atomic mass is 16.5. The zero-order chi connectivity index (χ0) is 11.7. The number of hydrogen-bond acceptors (Lipinski definition) is 3. The molecule has 0 heterocycles. The molecule has 0 aromatic heterocycles. The lowest BCUT2D eigenvalue weighted by molar-refractivity contribution is -0.137. The van der Waals surface area contributed by atoms with E-state index in [9.17, 15) is 4.79 Å². The first kappa shape index (κ1) is 14.4. The van der Waals surface area contributed by atoms with Crippen molar-refractivity contribution in [3.8, 4) is 0 Å². The van der Waals surface area contributed by atoms with Gasteiger partial charge in [0.25, 0.3) is 0 Å². The summed E-state index contributed by atoms with van der Waals surface area (Å²) in [4.78, 5) is 12.4. The van der Waals surface area contributed by atoms with Crippen molar-refractivity contribution in [3.05, 3.63) is 0 Å². The lowest BCUT2D eigenvalue weighted by Crippen LogP contribution is -2.25. The Morgan fingerprint density at radius 1 is 1.33 bits per heavy atom. The van der Waals surface area contributed by atoms with Gasteiger partial charge in [0, 0.05) is 13.0 Å². The number of ether oxygens (including phenoxy) is 1. The number of carbonyl (C=O) groups is 1. The molecular formula is C11H23NO3. The molecule has 0 aromatic carbocycles. The highest BCUT2D eigenvalue weighted by Gasteiger charge is 2.01. The van der Waals surface area contributed by atoms with Crippen LogP contribution in [0.4, 0.5) is 0 Å². The summed E-state index contributed by atoms with van der Waals surface area (Å²) in [5.41, 5.74) is 0. The molecule has 4 nitrogen and oxygen atoms in total. The topological polar surface area (TPSA) is 49.8 Å². The Balaban J connectivity index is 3.25. The number of unbranched alkanes of at least 4 members (excludes halogenated alkanes) is 1. The summed E-state index contributed by atoms with van der Waals surface area (Å²) in [5, 5.41) is 8.45. The first-order chi connectivity index (χ1) is 7.02. The van der Waals surface area contributed by atoms with Gasteiger partial charge in [-0.2, -0.15) is 0 Å². The molecule has 0 aromatic rings. The molecule has 0 aliphatic carbocycles. The van der Waals surface area contributed by atoms with Crippen LogP contribution in [0.3, 0.4) is 0 Å². The van der Waals surface area contributed by atoms with Crippen LogP contribution < -0.4 is 0 Å². The van der Waals surface area contributed by atoms with Crippen molar-refractivity contribution in [2.45, 2.75) is 39.2 Å². The van der Waals surface area contributed by atoms with Crippen LogP contribution in [-0.4, -0.2) is 48.8 Å². The first-order valence-corrected chi connectivity index (χ1v) is 5.54. The van der Waals surface area contributed by atoms with E-state index in [1.165, 1.54) is 0 Å². The predicted molar refractivity (Wildman–Crippen MR) is 60.1 cm³/mol. The van der Waals surface area contributed by atoms with E-state index in [1.807, 2.05) is 20.9 Å². The second-order valence-corrected chi connectivity index (χ2v) is 4.07. The van der Waals surface area contributed by atoms with Gasteiger partial charge in [-0.25, -0.2) is 0 Å². The summed E-state index contributed by atoms with van der Waals surface area (Å²) in [5.74, 6) is -0.708. The summed E-state index contributed by atoms with van der Waals surface area (Å²) in [6.45, 7) is 6.63. The highest BCUT2D eigenvalue weighted by Crippen LogP contribution is 1.97. The van der Waals surface area contributed by atoms with Crippen LogP contribution in [0.1, 0.15) is 33.1 Å². The van der Waals surface area contributed by atoms with Crippen molar-refractivity contribution in [3.63, 3.8) is 0 Å². The Morgan fingerprint density at radius 3 is 2.53 bits per heavy atom. The molecule has 90 valence electrons. The van der Waals surface area contributed by atoms with Gasteiger partial charge in [0.2, 0.25) is 0 Å². The smallest absolute Gasteiger partial charge is 0.303 e. The third kappa shape index (κ3) is 11.3. The van der Waals surface area contributed by atoms with Crippen LogP contribution in [-0.2, 0) is 9.53 Å². The van der Waals surface area contributed by atoms with E-state index in [-0.39, 0.29) is 12.5 Å². The minimum Gasteiger partial charge on any atom is -0.481 e. The second kappa shape index (κ2) is 8.68. The Labute approximate surface area is 92.2 Å². The quantitative estimate of drug-likeness (QED) is 0.596. The number of aliphatic carboxylic acids is 1. The van der Waals surface area contributed by atoms with Gasteiger partial charge in [-0.1, -0.05) is 0 Å². The van der Waals surface area contributed by atoms with Crippen molar-refractivity contribution >= 4 is 5.97 Å². The molecule has 0 aliphatic rings. The molecule has 0 aliphatic heterocycles. The van der Waals surface area contributed by atoms with Gasteiger partial charge in [0.15, 0.2) is 0 Å². The van der Waals surface area contributed by atoms with Gasteiger partial charge in [-0.3, -0.25) is 4.79 Å². The molecule has 0 unspecified atom stereocenters. The third-order valence-electron chi connectivity index (χ3n) is 2.10. The maximum absolute atomic E-state index is 10.3. The largest absolute Gasteiger partial charge is 0.481 e. The predicted octanol–water partition coefficient (Wildman–Crippen LogP) is 1.60. The van der Waals surface area contributed by atoms with E-state index in [1.54, 1.807) is 0 Å². The van der Waals surface area contributed by atoms with Crippen LogP contribution in [0.5, 0.6) is 0 Å². The lowest BCUT2D eigenvalue weighted by Gasteiger charge is -2.17. The van der Waals surface area contributed by atoms with Crippen LogP contribution in [0, 0.1) is 0 Å². The zero-order valence-electron chi connectivity index (χ0n) is 10.0. The van der Waals surface area contributed by atoms with Crippen molar-refractivity contribution in [2.24, 2.45) is 0 Å². The Hall–Kier alpha value is -0.610. The molecule has 0 fully saturated rings. The number of rotatable bonds is 9. The number of nitrogens with zero attached hydrogens (tertiary/aromatic N) is 1. The molecule has 0 atom stereocenters. The van der Waals surface area contributed by atoms with Crippen LogP contribution in [0.2, 0.25) is 0 Å². The summed E-state index contributed by atoms with van der Waals surface area (Å²) >= 11 is 0. The van der Waals surface area contributed by atoms with Crippen LogP contribution in [0.15, 0.2) is 0 Å². The van der Waals surface area contributed by atoms with E-state index in [2.05, 4.69) is 4.90 Å². The molecule has 0 saturated heterocycles. The molecular weight excluding hydrogens is 194 g/mol. The summed E-state index contributed by atoms with van der Waals surface area (Å²) in [6, 6.07) is 0. The fourth-order valence-electron chi connectivity index (χ4n) is 1.21. The molecule has 0 amide bonds. The third-order valence-corrected chi connectivity index (χ3v) is 2.10. The average molecular weight is 217 g/mol. The zero-order valence-corrected chi connectivity index (χ0v) is 10.0. The maximum Gasteiger partial charge on any atom is 0.303 e. The van der Waals surface area contributed by atoms with E-state index in [0.717, 1.165) is 32.5 Å². The van der Waals surface area contributed by atoms with E-state index in [4.69, 9.17) is 9.84 Å². The Morgan fingerprint density at radius 2 is 2.00 bits per heavy atom. The van der Waals surface area contributed by atoms with Gasteiger partial charge in [0.1, 0.15) is 0 Å². The molecule has 15 heavy (non-hydrogen) atoms. The molecule has 0 radical (unpaired) electrons. The minimum absolute atomic E-state index is 0.274. The van der Waals surface area contributed by atoms with E-state index >= 15 is 0 Å². The molecule has 4 heteroatoms. The number of carboxylic acids is 1. The fourth-order valence-corrected chi connectivity index (χ4v) is 1.21. The lowest BCUT2D eigenvalue weighted by atomic mass is 10.2. The summed E-state index contributed by atoms with van der Waals surface area (Å²) < 4.78 is 5.42. The van der Waals surface area contributed by atoms with E-state index < -0.39 is 5.97 Å². The van der Waals surface area contributed by atoms with E-state index in [0.29, 0.717) is 0 Å². The molecule has 0 bridgehead atoms. The normalized spacial score (nSPS) is 11.3. The van der Waals surface area contributed by atoms with Crippen LogP contribution >= 0.6 is 0 Å². The monoisotopic (exact) mass is 217 g/mol. The maximum atomic E-state index is 10.3. The van der Waals surface area contributed by atoms with Crippen molar-refractivity contribution in [2.75, 3.05) is 26.7 Å². The van der Waals surface area contributed by atoms with Gasteiger partial charge >= 0.3 is 5.97 Å². The van der Waals surface area contributed by atoms with Gasteiger partial charge in [0.05, 0.1) is 12.7 Å². The minimum atomic E-state index is -0.708. The van der Waals surface area contributed by atoms with Gasteiger partial charge < -0.3 is 14.7 Å².